The number of rotatable bonds is 5. The van der Waals surface area contributed by atoms with Gasteiger partial charge in [0.2, 0.25) is 0 Å². The zero-order chi connectivity index (χ0) is 13.9. The molecule has 0 atom stereocenters. The Balaban J connectivity index is 1.96. The quantitative estimate of drug-likeness (QED) is 0.783. The number of hydrogen-bond acceptors (Lipinski definition) is 5. The van der Waals surface area contributed by atoms with Gasteiger partial charge in [-0.25, -0.2) is 9.97 Å². The van der Waals surface area contributed by atoms with Gasteiger partial charge in [0.15, 0.2) is 5.82 Å². The number of nitrogens with one attached hydrogen (secondary N) is 1. The summed E-state index contributed by atoms with van der Waals surface area (Å²) in [6.45, 7) is 5.70. The van der Waals surface area contributed by atoms with Crippen LogP contribution in [0.5, 0.6) is 0 Å². The van der Waals surface area contributed by atoms with Gasteiger partial charge in [0.1, 0.15) is 17.2 Å². The fourth-order valence-electron chi connectivity index (χ4n) is 2.05. The lowest BCUT2D eigenvalue weighted by Gasteiger charge is -2.08. The minimum absolute atomic E-state index is 0.605. The van der Waals surface area contributed by atoms with Crippen LogP contribution in [-0.2, 0) is 6.54 Å². The Morgan fingerprint density at radius 1 is 1.30 bits per heavy atom. The normalized spacial score (nSPS) is 11.1. The van der Waals surface area contributed by atoms with Crippen molar-refractivity contribution in [2.45, 2.75) is 26.8 Å². The monoisotopic (exact) mass is 287 g/mol. The molecule has 3 heterocycles. The lowest BCUT2D eigenvalue weighted by atomic mass is 10.3. The third-order valence-electron chi connectivity index (χ3n) is 3.13. The summed E-state index contributed by atoms with van der Waals surface area (Å²) in [6.07, 6.45) is 2.87. The van der Waals surface area contributed by atoms with Crippen molar-refractivity contribution in [3.8, 4) is 0 Å². The highest BCUT2D eigenvalue weighted by Gasteiger charge is 2.09. The van der Waals surface area contributed by atoms with Gasteiger partial charge in [-0.05, 0) is 30.9 Å². The first kappa shape index (κ1) is 13.1. The maximum absolute atomic E-state index is 4.65. The lowest BCUT2D eigenvalue weighted by molar-refractivity contribution is 0.640. The van der Waals surface area contributed by atoms with E-state index in [1.54, 1.807) is 17.5 Å². The first-order valence-corrected chi connectivity index (χ1v) is 7.62. The molecule has 5 nitrogen and oxygen atoms in total. The molecule has 3 aromatic rings. The van der Waals surface area contributed by atoms with Crippen molar-refractivity contribution in [2.75, 3.05) is 11.9 Å². The van der Waals surface area contributed by atoms with E-state index in [1.807, 2.05) is 17.7 Å². The molecule has 0 unspecified atom stereocenters. The summed E-state index contributed by atoms with van der Waals surface area (Å²) >= 11 is 1.65. The van der Waals surface area contributed by atoms with Gasteiger partial charge in [-0.15, -0.1) is 11.3 Å². The van der Waals surface area contributed by atoms with Crippen molar-refractivity contribution in [3.05, 3.63) is 35.2 Å². The molecule has 0 saturated carbocycles. The summed E-state index contributed by atoms with van der Waals surface area (Å²) < 4.78 is 1.92. The first-order chi connectivity index (χ1) is 9.78. The number of hydrogen-bond donors (Lipinski definition) is 1. The summed E-state index contributed by atoms with van der Waals surface area (Å²) in [7, 11) is 0. The molecule has 0 saturated heterocycles. The van der Waals surface area contributed by atoms with Gasteiger partial charge in [0.05, 0.1) is 5.39 Å². The molecule has 1 N–H and O–H groups in total. The van der Waals surface area contributed by atoms with E-state index < -0.39 is 0 Å². The Morgan fingerprint density at radius 2 is 2.20 bits per heavy atom. The Kier molecular flexibility index (Phi) is 3.64. The third kappa shape index (κ3) is 2.51. The highest BCUT2D eigenvalue weighted by Crippen LogP contribution is 2.25. The van der Waals surface area contributed by atoms with Crippen LogP contribution in [0.25, 0.3) is 10.2 Å². The summed E-state index contributed by atoms with van der Waals surface area (Å²) in [5.74, 6) is 1.73. The van der Waals surface area contributed by atoms with Crippen molar-refractivity contribution < 1.29 is 0 Å². The van der Waals surface area contributed by atoms with E-state index >= 15 is 0 Å². The lowest BCUT2D eigenvalue weighted by Crippen LogP contribution is -2.10. The van der Waals surface area contributed by atoms with Crippen molar-refractivity contribution in [1.29, 1.82) is 0 Å². The fourth-order valence-corrected chi connectivity index (χ4v) is 2.83. The minimum Gasteiger partial charge on any atom is -0.369 e. The number of thiophene rings is 1. The Hall–Kier alpha value is -1.95. The molecule has 0 aliphatic rings. The van der Waals surface area contributed by atoms with Gasteiger partial charge >= 0.3 is 0 Å². The second-order valence-electron chi connectivity index (χ2n) is 4.68. The van der Waals surface area contributed by atoms with Crippen LogP contribution in [0.4, 0.5) is 5.82 Å². The zero-order valence-corrected chi connectivity index (χ0v) is 12.4. The van der Waals surface area contributed by atoms with Crippen LogP contribution in [0, 0.1) is 6.92 Å². The predicted octanol–water partition coefficient (Wildman–Crippen LogP) is 3.07. The Labute approximate surface area is 121 Å². The molecule has 3 rings (SSSR count). The fraction of sp³-hybridized carbons (Fsp3) is 0.357. The summed E-state index contributed by atoms with van der Waals surface area (Å²) in [5, 5.41) is 10.8. The van der Waals surface area contributed by atoms with Crippen LogP contribution in [0.1, 0.15) is 24.9 Å². The summed E-state index contributed by atoms with van der Waals surface area (Å²) in [5.41, 5.74) is 1.11. The van der Waals surface area contributed by atoms with Crippen molar-refractivity contribution in [1.82, 2.24) is 19.7 Å². The smallest absolute Gasteiger partial charge is 0.153 e. The van der Waals surface area contributed by atoms with Crippen molar-refractivity contribution >= 4 is 27.4 Å². The number of aryl methyl sites for hydroxylation is 1. The molecule has 6 heteroatoms. The maximum atomic E-state index is 4.65. The third-order valence-corrected chi connectivity index (χ3v) is 3.94. The van der Waals surface area contributed by atoms with Crippen LogP contribution in [-0.4, -0.2) is 26.3 Å². The van der Waals surface area contributed by atoms with Crippen molar-refractivity contribution in [3.63, 3.8) is 0 Å². The van der Waals surface area contributed by atoms with Crippen LogP contribution in [0.3, 0.4) is 0 Å². The molecule has 0 radical (unpaired) electrons. The highest BCUT2D eigenvalue weighted by molar-refractivity contribution is 7.16. The predicted molar refractivity (Wildman–Crippen MR) is 82.3 cm³/mol. The van der Waals surface area contributed by atoms with Crippen LogP contribution >= 0.6 is 11.3 Å². The van der Waals surface area contributed by atoms with Crippen molar-refractivity contribution in [2.24, 2.45) is 0 Å². The van der Waals surface area contributed by atoms with Gasteiger partial charge < -0.3 is 5.32 Å². The average molecular weight is 287 g/mol. The number of aromatic nitrogens is 4. The van der Waals surface area contributed by atoms with E-state index in [2.05, 4.69) is 38.8 Å². The zero-order valence-electron chi connectivity index (χ0n) is 11.6. The van der Waals surface area contributed by atoms with Gasteiger partial charge in [-0.2, -0.15) is 5.10 Å². The number of anilines is 1. The summed E-state index contributed by atoms with van der Waals surface area (Å²) in [6, 6.07) is 4.06. The molecule has 0 spiro atoms. The molecule has 3 aromatic heterocycles. The molecule has 0 aliphatic carbocycles. The van der Waals surface area contributed by atoms with E-state index in [4.69, 9.17) is 0 Å². The molecule has 20 heavy (non-hydrogen) atoms. The Morgan fingerprint density at radius 3 is 2.95 bits per heavy atom. The van der Waals surface area contributed by atoms with Gasteiger partial charge in [0.25, 0.3) is 0 Å². The van der Waals surface area contributed by atoms with Gasteiger partial charge in [0, 0.05) is 18.4 Å². The maximum Gasteiger partial charge on any atom is 0.153 e. The van der Waals surface area contributed by atoms with Crippen LogP contribution in [0.2, 0.25) is 0 Å². The molecule has 0 aliphatic heterocycles. The summed E-state index contributed by atoms with van der Waals surface area (Å²) in [4.78, 5) is 10.3. The molecule has 104 valence electrons. The molecule has 0 amide bonds. The van der Waals surface area contributed by atoms with Gasteiger partial charge in [-0.3, -0.25) is 4.68 Å². The average Bonchev–Trinajstić information content (AvgIpc) is 3.06. The van der Waals surface area contributed by atoms with E-state index in [-0.39, 0.29) is 0 Å². The Bertz CT molecular complexity index is 715. The molecule has 0 aromatic carbocycles. The standard InChI is InChI=1S/C14H17N5S/c1-3-6-15-13-11-5-8-20-14(11)18-12(17-13)9-19-10(2)4-7-16-19/h4-5,7-8H,3,6,9H2,1-2H3,(H,15,17,18). The van der Waals surface area contributed by atoms with Gasteiger partial charge in [-0.1, -0.05) is 6.92 Å². The molecule has 0 fully saturated rings. The van der Waals surface area contributed by atoms with Crippen LogP contribution in [0.15, 0.2) is 23.7 Å². The van der Waals surface area contributed by atoms with E-state index in [0.29, 0.717) is 6.54 Å². The van der Waals surface area contributed by atoms with Crippen LogP contribution < -0.4 is 5.32 Å². The number of nitrogens with zero attached hydrogens (tertiary/aromatic N) is 4. The second-order valence-corrected chi connectivity index (χ2v) is 5.58. The number of fused-ring (bicyclic) bond motifs is 1. The largest absolute Gasteiger partial charge is 0.369 e. The van der Waals surface area contributed by atoms with E-state index in [0.717, 1.165) is 40.5 Å². The molecular weight excluding hydrogens is 270 g/mol. The molecular formula is C14H17N5S. The minimum atomic E-state index is 0.605. The molecule has 0 bridgehead atoms. The topological polar surface area (TPSA) is 55.6 Å². The SMILES string of the molecule is CCCNc1nc(Cn2nccc2C)nc2sccc12. The van der Waals surface area contributed by atoms with E-state index in [1.165, 1.54) is 0 Å². The first-order valence-electron chi connectivity index (χ1n) is 6.74. The van der Waals surface area contributed by atoms with E-state index in [9.17, 15) is 0 Å². The highest BCUT2D eigenvalue weighted by atomic mass is 32.1. The second kappa shape index (κ2) is 5.58.